The molecular weight excluding hydrogens is 320 g/mol. The lowest BCUT2D eigenvalue weighted by atomic mass is 9.96. The van der Waals surface area contributed by atoms with E-state index in [9.17, 15) is 0 Å². The topological polar surface area (TPSA) is 18.5 Å². The highest BCUT2D eigenvalue weighted by atomic mass is 16.5. The van der Waals surface area contributed by atoms with E-state index in [2.05, 4.69) is 50.6 Å². The lowest BCUT2D eigenvalue weighted by molar-refractivity contribution is 0.356. The van der Waals surface area contributed by atoms with Crippen LogP contribution in [0, 0.1) is 0 Å². The van der Waals surface area contributed by atoms with E-state index in [0.29, 0.717) is 13.2 Å². The van der Waals surface area contributed by atoms with Crippen molar-refractivity contribution in [3.8, 4) is 22.6 Å². The monoisotopic (exact) mass is 346 g/mol. The van der Waals surface area contributed by atoms with Crippen LogP contribution in [-0.2, 0) is 12.8 Å². The Morgan fingerprint density at radius 1 is 0.615 bits per heavy atom. The molecule has 0 aromatic heterocycles. The Hall–Kier alpha value is -3.00. The molecule has 0 bridgehead atoms. The van der Waals surface area contributed by atoms with Gasteiger partial charge in [0.25, 0.3) is 0 Å². The average molecular weight is 346 g/mol. The second kappa shape index (κ2) is 10.1. The number of allylic oxidation sites excluding steroid dienone is 2. The van der Waals surface area contributed by atoms with Gasteiger partial charge in [0.05, 0.1) is 0 Å². The Bertz CT molecular complexity index is 719. The van der Waals surface area contributed by atoms with Crippen LogP contribution in [0.3, 0.4) is 0 Å². The summed E-state index contributed by atoms with van der Waals surface area (Å²) in [6.07, 6.45) is 8.72. The molecule has 0 aliphatic heterocycles. The highest BCUT2D eigenvalue weighted by Crippen LogP contribution is 2.40. The van der Waals surface area contributed by atoms with Gasteiger partial charge in [0, 0.05) is 11.1 Å². The molecule has 0 atom stereocenters. The third-order valence-corrected chi connectivity index (χ3v) is 3.90. The SMILES string of the molecule is C=CCOc1c(CC=C)cccc1-c1cccc(CC=C)c1OCC=C. The molecule has 2 aromatic carbocycles. The highest BCUT2D eigenvalue weighted by molar-refractivity contribution is 5.78. The third kappa shape index (κ3) is 4.54. The number of rotatable bonds is 11. The summed E-state index contributed by atoms with van der Waals surface area (Å²) in [7, 11) is 0. The predicted molar refractivity (Wildman–Crippen MR) is 111 cm³/mol. The zero-order chi connectivity index (χ0) is 18.8. The number of ether oxygens (including phenoxy) is 2. The van der Waals surface area contributed by atoms with Crippen molar-refractivity contribution in [1.82, 2.24) is 0 Å². The first kappa shape index (κ1) is 19.3. The van der Waals surface area contributed by atoms with E-state index in [-0.39, 0.29) is 0 Å². The van der Waals surface area contributed by atoms with Gasteiger partial charge >= 0.3 is 0 Å². The van der Waals surface area contributed by atoms with Crippen LogP contribution in [0.5, 0.6) is 11.5 Å². The summed E-state index contributed by atoms with van der Waals surface area (Å²) in [5, 5.41) is 0. The molecule has 2 rings (SSSR count). The molecule has 2 aromatic rings. The second-order valence-electron chi connectivity index (χ2n) is 5.77. The van der Waals surface area contributed by atoms with E-state index in [1.54, 1.807) is 12.2 Å². The van der Waals surface area contributed by atoms with Gasteiger partial charge < -0.3 is 9.47 Å². The number of hydrogen-bond acceptors (Lipinski definition) is 2. The molecule has 0 saturated carbocycles. The molecule has 26 heavy (non-hydrogen) atoms. The highest BCUT2D eigenvalue weighted by Gasteiger charge is 2.17. The molecule has 0 aliphatic carbocycles. The van der Waals surface area contributed by atoms with Crippen LogP contribution in [0.4, 0.5) is 0 Å². The van der Waals surface area contributed by atoms with Crippen molar-refractivity contribution >= 4 is 0 Å². The van der Waals surface area contributed by atoms with Crippen LogP contribution < -0.4 is 9.47 Å². The smallest absolute Gasteiger partial charge is 0.131 e. The number of para-hydroxylation sites is 2. The molecular formula is C24H26O2. The van der Waals surface area contributed by atoms with Crippen molar-refractivity contribution in [2.45, 2.75) is 12.8 Å². The van der Waals surface area contributed by atoms with E-state index in [0.717, 1.165) is 46.6 Å². The average Bonchev–Trinajstić information content (AvgIpc) is 2.66. The zero-order valence-corrected chi connectivity index (χ0v) is 15.2. The number of hydrogen-bond donors (Lipinski definition) is 0. The summed E-state index contributed by atoms with van der Waals surface area (Å²) in [6.45, 7) is 16.1. The third-order valence-electron chi connectivity index (χ3n) is 3.90. The zero-order valence-electron chi connectivity index (χ0n) is 15.2. The van der Waals surface area contributed by atoms with E-state index in [4.69, 9.17) is 9.47 Å². The number of benzene rings is 2. The van der Waals surface area contributed by atoms with Crippen LogP contribution in [-0.4, -0.2) is 13.2 Å². The lowest BCUT2D eigenvalue weighted by Crippen LogP contribution is -2.03. The molecule has 0 radical (unpaired) electrons. The van der Waals surface area contributed by atoms with Crippen LogP contribution in [0.25, 0.3) is 11.1 Å². The Kier molecular flexibility index (Phi) is 7.50. The van der Waals surface area contributed by atoms with Gasteiger partial charge in [-0.15, -0.1) is 13.2 Å². The van der Waals surface area contributed by atoms with Crippen molar-refractivity contribution in [1.29, 1.82) is 0 Å². The molecule has 0 saturated heterocycles. The summed E-state index contributed by atoms with van der Waals surface area (Å²) in [6, 6.07) is 12.3. The maximum absolute atomic E-state index is 6.02. The van der Waals surface area contributed by atoms with Gasteiger partial charge in [0.15, 0.2) is 0 Å². The molecule has 2 heteroatoms. The largest absolute Gasteiger partial charge is 0.489 e. The van der Waals surface area contributed by atoms with Gasteiger partial charge in [-0.2, -0.15) is 0 Å². The molecule has 0 spiro atoms. The summed E-state index contributed by atoms with van der Waals surface area (Å²) in [4.78, 5) is 0. The standard InChI is InChI=1S/C24H26O2/c1-5-11-19-13-9-15-21(23(19)25-17-7-3)22-16-10-14-20(12-6-2)24(22)26-18-8-4/h5-10,13-16H,1-4,11-12,17-18H2. The summed E-state index contributed by atoms with van der Waals surface area (Å²) >= 11 is 0. The van der Waals surface area contributed by atoms with Gasteiger partial charge in [0.1, 0.15) is 24.7 Å². The van der Waals surface area contributed by atoms with E-state index in [1.807, 2.05) is 24.3 Å². The molecule has 0 amide bonds. The van der Waals surface area contributed by atoms with Crippen molar-refractivity contribution in [3.63, 3.8) is 0 Å². The minimum absolute atomic E-state index is 0.441. The van der Waals surface area contributed by atoms with Crippen molar-refractivity contribution < 1.29 is 9.47 Å². The molecule has 0 fully saturated rings. The quantitative estimate of drug-likeness (QED) is 0.469. The van der Waals surface area contributed by atoms with E-state index >= 15 is 0 Å². The molecule has 0 unspecified atom stereocenters. The maximum atomic E-state index is 6.02. The van der Waals surface area contributed by atoms with Gasteiger partial charge in [0.2, 0.25) is 0 Å². The maximum Gasteiger partial charge on any atom is 0.131 e. The Morgan fingerprint density at radius 3 is 1.38 bits per heavy atom. The normalized spacial score (nSPS) is 10.0. The fraction of sp³-hybridized carbons (Fsp3) is 0.167. The van der Waals surface area contributed by atoms with Crippen molar-refractivity contribution in [2.24, 2.45) is 0 Å². The first-order chi connectivity index (χ1) is 12.8. The predicted octanol–water partition coefficient (Wildman–Crippen LogP) is 5.94. The lowest BCUT2D eigenvalue weighted by Gasteiger charge is -2.19. The van der Waals surface area contributed by atoms with Crippen molar-refractivity contribution in [3.05, 3.63) is 98.1 Å². The van der Waals surface area contributed by atoms with Crippen LogP contribution in [0.15, 0.2) is 87.0 Å². The first-order valence-electron chi connectivity index (χ1n) is 8.70. The Balaban J connectivity index is 2.65. The van der Waals surface area contributed by atoms with Crippen LogP contribution in [0.2, 0.25) is 0 Å². The van der Waals surface area contributed by atoms with Gasteiger partial charge in [-0.25, -0.2) is 0 Å². The van der Waals surface area contributed by atoms with Crippen LogP contribution >= 0.6 is 0 Å². The summed E-state index contributed by atoms with van der Waals surface area (Å²) in [5.74, 6) is 1.68. The minimum Gasteiger partial charge on any atom is -0.489 e. The molecule has 0 heterocycles. The molecule has 0 N–H and O–H groups in total. The minimum atomic E-state index is 0.441. The second-order valence-corrected chi connectivity index (χ2v) is 5.77. The molecule has 2 nitrogen and oxygen atoms in total. The Labute approximate surface area is 156 Å². The van der Waals surface area contributed by atoms with Gasteiger partial charge in [-0.3, -0.25) is 0 Å². The fourth-order valence-electron chi connectivity index (χ4n) is 2.85. The fourth-order valence-corrected chi connectivity index (χ4v) is 2.85. The van der Waals surface area contributed by atoms with E-state index < -0.39 is 0 Å². The van der Waals surface area contributed by atoms with E-state index in [1.165, 1.54) is 0 Å². The van der Waals surface area contributed by atoms with Gasteiger partial charge in [-0.1, -0.05) is 73.9 Å². The first-order valence-corrected chi connectivity index (χ1v) is 8.70. The Morgan fingerprint density at radius 2 is 1.04 bits per heavy atom. The van der Waals surface area contributed by atoms with Crippen LogP contribution in [0.1, 0.15) is 11.1 Å². The van der Waals surface area contributed by atoms with Gasteiger partial charge in [-0.05, 0) is 24.0 Å². The van der Waals surface area contributed by atoms with Crippen molar-refractivity contribution in [2.75, 3.05) is 13.2 Å². The summed E-state index contributed by atoms with van der Waals surface area (Å²) < 4.78 is 12.0. The molecule has 134 valence electrons. The summed E-state index contributed by atoms with van der Waals surface area (Å²) in [5.41, 5.74) is 4.17. The molecule has 0 aliphatic rings.